The van der Waals surface area contributed by atoms with E-state index in [1.54, 1.807) is 0 Å². The molecule has 2 fully saturated rings. The molecule has 0 unspecified atom stereocenters. The Morgan fingerprint density at radius 3 is 2.83 bits per heavy atom. The summed E-state index contributed by atoms with van der Waals surface area (Å²) < 4.78 is 19.7. The Morgan fingerprint density at radius 1 is 1.20 bits per heavy atom. The average molecular weight is 412 g/mol. The van der Waals surface area contributed by atoms with Gasteiger partial charge in [0.15, 0.2) is 0 Å². The first-order chi connectivity index (χ1) is 14.6. The first kappa shape index (κ1) is 19.7. The molecule has 1 atom stereocenters. The summed E-state index contributed by atoms with van der Waals surface area (Å²) in [5.41, 5.74) is 2.80. The van der Waals surface area contributed by atoms with Crippen LogP contribution in [0.4, 0.5) is 0 Å². The van der Waals surface area contributed by atoms with Gasteiger partial charge in [-0.25, -0.2) is 4.98 Å². The summed E-state index contributed by atoms with van der Waals surface area (Å²) in [6.07, 6.45) is 7.83. The third kappa shape index (κ3) is 3.75. The monoisotopic (exact) mass is 411 g/mol. The van der Waals surface area contributed by atoms with E-state index >= 15 is 0 Å². The number of rotatable bonds is 6. The molecule has 0 radical (unpaired) electrons. The minimum Gasteiger partial charge on any atom is -0.370 e. The van der Waals surface area contributed by atoms with E-state index in [4.69, 9.17) is 24.0 Å². The molecule has 2 aliphatic heterocycles. The summed E-state index contributed by atoms with van der Waals surface area (Å²) in [5, 5.41) is 4.20. The first-order valence-corrected chi connectivity index (χ1v) is 10.9. The van der Waals surface area contributed by atoms with Crippen molar-refractivity contribution < 1.29 is 14.0 Å². The molecule has 0 saturated carbocycles. The lowest BCUT2D eigenvalue weighted by atomic mass is 9.90. The maximum Gasteiger partial charge on any atom is 0.259 e. The Balaban J connectivity index is 1.28. The molecule has 0 bridgehead atoms. The Morgan fingerprint density at radius 2 is 2.07 bits per heavy atom. The van der Waals surface area contributed by atoms with Gasteiger partial charge in [0.2, 0.25) is 5.82 Å². The van der Waals surface area contributed by atoms with Gasteiger partial charge in [-0.2, -0.15) is 4.98 Å². The van der Waals surface area contributed by atoms with Crippen molar-refractivity contribution in [3.8, 4) is 0 Å². The fraction of sp³-hybridized carbons (Fsp3) is 0.591. The summed E-state index contributed by atoms with van der Waals surface area (Å²) in [5.74, 6) is 1.25. The highest BCUT2D eigenvalue weighted by Crippen LogP contribution is 2.37. The molecule has 0 N–H and O–H groups in total. The molecule has 2 aliphatic rings. The van der Waals surface area contributed by atoms with Crippen LogP contribution in [-0.4, -0.2) is 50.7 Å². The van der Waals surface area contributed by atoms with Crippen LogP contribution in [0.5, 0.6) is 0 Å². The molecule has 30 heavy (non-hydrogen) atoms. The topological polar surface area (TPSA) is 77.9 Å². The number of hydrogen-bond acceptors (Lipinski definition) is 7. The SMILES string of the molecule is CCOC1(c2nc([C@H]3CCCO3)no2)CCN(Cc2cn3cc(C)ccc3n2)CC1. The van der Waals surface area contributed by atoms with Crippen molar-refractivity contribution in [1.82, 2.24) is 24.4 Å². The molecule has 0 spiro atoms. The Bertz CT molecular complexity index is 999. The van der Waals surface area contributed by atoms with Crippen LogP contribution in [0.1, 0.15) is 61.7 Å². The number of aromatic nitrogens is 4. The molecule has 2 saturated heterocycles. The van der Waals surface area contributed by atoms with Crippen molar-refractivity contribution >= 4 is 5.65 Å². The average Bonchev–Trinajstić information content (AvgIpc) is 3.49. The highest BCUT2D eigenvalue weighted by Gasteiger charge is 2.42. The van der Waals surface area contributed by atoms with Crippen LogP contribution >= 0.6 is 0 Å². The zero-order valence-corrected chi connectivity index (χ0v) is 17.7. The van der Waals surface area contributed by atoms with Crippen LogP contribution in [0, 0.1) is 6.92 Å². The molecular formula is C22H29N5O3. The summed E-state index contributed by atoms with van der Waals surface area (Å²) in [7, 11) is 0. The van der Waals surface area contributed by atoms with Gasteiger partial charge in [0.25, 0.3) is 5.89 Å². The van der Waals surface area contributed by atoms with Gasteiger partial charge in [-0.05, 0) is 51.2 Å². The number of hydrogen-bond donors (Lipinski definition) is 0. The van der Waals surface area contributed by atoms with Crippen molar-refractivity contribution in [2.75, 3.05) is 26.3 Å². The Hall–Kier alpha value is -2.29. The van der Waals surface area contributed by atoms with Gasteiger partial charge in [-0.1, -0.05) is 11.2 Å². The van der Waals surface area contributed by atoms with E-state index in [1.165, 1.54) is 5.56 Å². The normalized spacial score (nSPS) is 22.1. The summed E-state index contributed by atoms with van der Waals surface area (Å²) >= 11 is 0. The summed E-state index contributed by atoms with van der Waals surface area (Å²) in [6, 6.07) is 4.16. The maximum absolute atomic E-state index is 6.21. The number of pyridine rings is 1. The molecule has 3 aromatic rings. The number of fused-ring (bicyclic) bond motifs is 1. The largest absolute Gasteiger partial charge is 0.370 e. The third-order valence-corrected chi connectivity index (χ3v) is 6.17. The zero-order chi connectivity index (χ0) is 20.6. The molecule has 0 amide bonds. The number of aryl methyl sites for hydroxylation is 1. The highest BCUT2D eigenvalue weighted by molar-refractivity contribution is 5.41. The molecule has 8 nitrogen and oxygen atoms in total. The Labute approximate surface area is 176 Å². The van der Waals surface area contributed by atoms with E-state index in [0.29, 0.717) is 18.3 Å². The van der Waals surface area contributed by atoms with Crippen LogP contribution in [0.15, 0.2) is 29.0 Å². The first-order valence-electron chi connectivity index (χ1n) is 10.9. The number of piperidine rings is 1. The Kier molecular flexibility index (Phi) is 5.30. The minimum atomic E-state index is -0.509. The van der Waals surface area contributed by atoms with E-state index in [2.05, 4.69) is 45.9 Å². The van der Waals surface area contributed by atoms with Gasteiger partial charge in [0, 0.05) is 45.2 Å². The molecule has 0 aromatic carbocycles. The van der Waals surface area contributed by atoms with Crippen molar-refractivity contribution in [2.45, 2.75) is 57.8 Å². The fourth-order valence-electron chi connectivity index (χ4n) is 4.56. The highest BCUT2D eigenvalue weighted by atomic mass is 16.5. The van der Waals surface area contributed by atoms with E-state index in [0.717, 1.165) is 63.3 Å². The van der Waals surface area contributed by atoms with Crippen LogP contribution in [0.3, 0.4) is 0 Å². The predicted octanol–water partition coefficient (Wildman–Crippen LogP) is 3.41. The summed E-state index contributed by atoms with van der Waals surface area (Å²) in [4.78, 5) is 11.9. The van der Waals surface area contributed by atoms with E-state index in [1.807, 2.05) is 6.92 Å². The number of ether oxygens (including phenoxy) is 2. The second-order valence-electron chi connectivity index (χ2n) is 8.37. The third-order valence-electron chi connectivity index (χ3n) is 6.17. The van der Waals surface area contributed by atoms with Crippen LogP contribution in [0.2, 0.25) is 0 Å². The van der Waals surface area contributed by atoms with Gasteiger partial charge in [-0.3, -0.25) is 4.90 Å². The molecule has 3 aromatic heterocycles. The van der Waals surface area contributed by atoms with Crippen LogP contribution in [-0.2, 0) is 21.6 Å². The molecule has 5 heterocycles. The van der Waals surface area contributed by atoms with E-state index in [-0.39, 0.29) is 6.10 Å². The molecule has 160 valence electrons. The van der Waals surface area contributed by atoms with Crippen molar-refractivity contribution in [3.05, 3.63) is 47.5 Å². The molecule has 8 heteroatoms. The molecule has 0 aliphatic carbocycles. The maximum atomic E-state index is 6.21. The van der Waals surface area contributed by atoms with Crippen LogP contribution < -0.4 is 0 Å². The minimum absolute atomic E-state index is 0.0417. The van der Waals surface area contributed by atoms with Crippen LogP contribution in [0.25, 0.3) is 5.65 Å². The van der Waals surface area contributed by atoms with Gasteiger partial charge < -0.3 is 18.4 Å². The zero-order valence-electron chi connectivity index (χ0n) is 17.7. The van der Waals surface area contributed by atoms with Gasteiger partial charge in [0.05, 0.1) is 5.69 Å². The predicted molar refractivity (Wildman–Crippen MR) is 110 cm³/mol. The smallest absolute Gasteiger partial charge is 0.259 e. The van der Waals surface area contributed by atoms with E-state index < -0.39 is 5.60 Å². The lowest BCUT2D eigenvalue weighted by molar-refractivity contribution is -0.104. The standard InChI is InChI=1S/C22H29N5O3/c1-3-29-22(21-24-20(25-30-21)18-5-4-12-28-18)8-10-26(11-9-22)14-17-15-27-13-16(2)6-7-19(27)23-17/h6-7,13,15,18H,3-5,8-12,14H2,1-2H3/t18-/m1/s1. The lowest BCUT2D eigenvalue weighted by Crippen LogP contribution is -2.44. The second kappa shape index (κ2) is 8.09. The number of imidazole rings is 1. The van der Waals surface area contributed by atoms with Crippen molar-refractivity contribution in [2.24, 2.45) is 0 Å². The second-order valence-corrected chi connectivity index (χ2v) is 8.37. The van der Waals surface area contributed by atoms with Crippen molar-refractivity contribution in [3.63, 3.8) is 0 Å². The summed E-state index contributed by atoms with van der Waals surface area (Å²) in [6.45, 7) is 8.11. The molecule has 5 rings (SSSR count). The van der Waals surface area contributed by atoms with Crippen molar-refractivity contribution in [1.29, 1.82) is 0 Å². The quantitative estimate of drug-likeness (QED) is 0.615. The lowest BCUT2D eigenvalue weighted by Gasteiger charge is -2.38. The van der Waals surface area contributed by atoms with Gasteiger partial charge in [-0.15, -0.1) is 0 Å². The fourth-order valence-corrected chi connectivity index (χ4v) is 4.56. The van der Waals surface area contributed by atoms with Gasteiger partial charge in [0.1, 0.15) is 17.4 Å². The molecular weight excluding hydrogens is 382 g/mol. The van der Waals surface area contributed by atoms with Gasteiger partial charge >= 0.3 is 0 Å². The van der Waals surface area contributed by atoms with E-state index in [9.17, 15) is 0 Å². The number of nitrogens with zero attached hydrogens (tertiary/aromatic N) is 5. The number of likely N-dealkylation sites (tertiary alicyclic amines) is 1.